The van der Waals surface area contributed by atoms with Crippen LogP contribution in [0, 0.1) is 41.0 Å². The van der Waals surface area contributed by atoms with Crippen molar-refractivity contribution >= 4 is 16.0 Å². The summed E-state index contributed by atoms with van der Waals surface area (Å²) in [5.41, 5.74) is 8.58. The van der Waals surface area contributed by atoms with E-state index >= 15 is 0 Å². The second-order valence-electron chi connectivity index (χ2n) is 5.34. The first-order chi connectivity index (χ1) is 9.90. The Kier molecular flexibility index (Phi) is 9.71. The summed E-state index contributed by atoms with van der Waals surface area (Å²) in [6.45, 7) is 13.0. The van der Waals surface area contributed by atoms with Crippen molar-refractivity contribution in [2.24, 2.45) is 0 Å². The van der Waals surface area contributed by atoms with Crippen molar-refractivity contribution < 1.29 is 16.8 Å². The van der Waals surface area contributed by atoms with Gasteiger partial charge in [0.1, 0.15) is 0 Å². The van der Waals surface area contributed by atoms with Crippen molar-refractivity contribution in [3.05, 3.63) is 80.7 Å². The fraction of sp³-hybridized carbons (Fsp3) is 0.300. The molecular formula is C20H25CoSe-2. The molecule has 0 aliphatic heterocycles. The Morgan fingerprint density at radius 2 is 1.32 bits per heavy atom. The van der Waals surface area contributed by atoms with Gasteiger partial charge < -0.3 is 0 Å². The molecular weight excluding hydrogens is 378 g/mol. The Morgan fingerprint density at radius 3 is 1.68 bits per heavy atom. The minimum atomic E-state index is 0. The molecule has 2 rings (SSSR count). The molecule has 0 saturated heterocycles. The molecule has 1 aliphatic carbocycles. The van der Waals surface area contributed by atoms with E-state index in [0.717, 1.165) is 0 Å². The van der Waals surface area contributed by atoms with Crippen LogP contribution in [0.15, 0.2) is 46.5 Å². The monoisotopic (exact) mass is 404 g/mol. The summed E-state index contributed by atoms with van der Waals surface area (Å²) in [6.07, 6.45) is 14.3. The van der Waals surface area contributed by atoms with Gasteiger partial charge in [0.25, 0.3) is 0 Å². The number of allylic oxidation sites excluding steroid dienone is 8. The Morgan fingerprint density at radius 1 is 0.864 bits per heavy atom. The first kappa shape index (κ1) is 21.2. The molecule has 0 heterocycles. The predicted octanol–water partition coefficient (Wildman–Crippen LogP) is 5.26. The minimum absolute atomic E-state index is 0. The molecule has 1 aliphatic rings. The van der Waals surface area contributed by atoms with Crippen LogP contribution in [0.5, 0.6) is 0 Å². The molecule has 0 fully saturated rings. The summed E-state index contributed by atoms with van der Waals surface area (Å²) in [6, 6.07) is 0. The van der Waals surface area contributed by atoms with Crippen LogP contribution in [-0.2, 0) is 16.8 Å². The molecule has 1 aromatic rings. The van der Waals surface area contributed by atoms with E-state index in [4.69, 9.17) is 0 Å². The van der Waals surface area contributed by atoms with Gasteiger partial charge in [-0.15, -0.1) is 0 Å². The van der Waals surface area contributed by atoms with E-state index < -0.39 is 0 Å². The van der Waals surface area contributed by atoms with E-state index in [1.165, 1.54) is 37.9 Å². The van der Waals surface area contributed by atoms with Gasteiger partial charge in [0.05, 0.1) is 0 Å². The Hall–Kier alpha value is -0.794. The fourth-order valence-corrected chi connectivity index (χ4v) is 2.81. The van der Waals surface area contributed by atoms with Crippen molar-refractivity contribution in [2.45, 2.75) is 41.5 Å². The second-order valence-corrected chi connectivity index (χ2v) is 6.26. The predicted molar refractivity (Wildman–Crippen MR) is 95.9 cm³/mol. The zero-order chi connectivity index (χ0) is 16.0. The third kappa shape index (κ3) is 5.44. The van der Waals surface area contributed by atoms with Crippen LogP contribution >= 0.6 is 0 Å². The van der Waals surface area contributed by atoms with Crippen molar-refractivity contribution in [2.75, 3.05) is 0 Å². The van der Waals surface area contributed by atoms with E-state index in [1.807, 2.05) is 31.2 Å². The van der Waals surface area contributed by atoms with Gasteiger partial charge >= 0.3 is 75.9 Å². The van der Waals surface area contributed by atoms with E-state index in [-0.39, 0.29) is 16.8 Å². The first-order valence-electron chi connectivity index (χ1n) is 7.31. The summed E-state index contributed by atoms with van der Waals surface area (Å²) in [7, 11) is 0. The smallest absolute Gasteiger partial charge is 0 e. The zero-order valence-electron chi connectivity index (χ0n) is 14.3. The average Bonchev–Trinajstić information content (AvgIpc) is 2.62. The topological polar surface area (TPSA) is 0 Å². The van der Waals surface area contributed by atoms with Gasteiger partial charge in [0.15, 0.2) is 0 Å². The summed E-state index contributed by atoms with van der Waals surface area (Å²) in [5, 5.41) is 0. The number of hydrogen-bond donors (Lipinski definition) is 0. The summed E-state index contributed by atoms with van der Waals surface area (Å²) < 4.78 is 1.19. The number of hydrogen-bond acceptors (Lipinski definition) is 0. The van der Waals surface area contributed by atoms with Gasteiger partial charge in [-0.3, -0.25) is 0 Å². The first-order valence-corrected chi connectivity index (χ1v) is 8.17. The van der Waals surface area contributed by atoms with Crippen molar-refractivity contribution in [3.8, 4) is 0 Å². The summed E-state index contributed by atoms with van der Waals surface area (Å²) >= 11 is 3.02. The van der Waals surface area contributed by atoms with E-state index in [1.54, 1.807) is 0 Å². The Labute approximate surface area is 154 Å². The van der Waals surface area contributed by atoms with E-state index in [0.29, 0.717) is 0 Å². The molecule has 2 radical (unpaired) electrons. The molecule has 2 heteroatoms. The van der Waals surface area contributed by atoms with Gasteiger partial charge in [-0.2, -0.15) is 27.8 Å². The van der Waals surface area contributed by atoms with Gasteiger partial charge in [-0.25, -0.2) is 0 Å². The molecule has 0 N–H and O–H groups in total. The molecule has 0 spiro atoms. The van der Waals surface area contributed by atoms with Crippen LogP contribution in [0.4, 0.5) is 0 Å². The molecule has 0 unspecified atom stereocenters. The van der Waals surface area contributed by atoms with Crippen molar-refractivity contribution in [1.82, 2.24) is 0 Å². The maximum atomic E-state index is 3.02. The van der Waals surface area contributed by atoms with Crippen LogP contribution in [0.3, 0.4) is 0 Å². The number of rotatable bonds is 1. The van der Waals surface area contributed by atoms with E-state index in [2.05, 4.69) is 69.2 Å². The Balaban J connectivity index is 0.000000385. The molecule has 22 heavy (non-hydrogen) atoms. The average molecular weight is 403 g/mol. The summed E-state index contributed by atoms with van der Waals surface area (Å²) in [5.74, 6) is 0. The van der Waals surface area contributed by atoms with Crippen LogP contribution in [0.25, 0.3) is 0 Å². The molecule has 0 nitrogen and oxygen atoms in total. The minimum Gasteiger partial charge on any atom is -0.196 e. The molecule has 122 valence electrons. The molecule has 0 aromatic heterocycles. The largest absolute Gasteiger partial charge is 0.196 e. The van der Waals surface area contributed by atoms with Gasteiger partial charge in [-0.05, 0) is 0 Å². The standard InChI is InChI=1S/C10H10Se.C10H15.Co/c1-2-9-7-5-3-4-6-8-10(9)11;1-6-7(2)9(4)10(5)8(6)3;/h2-8H,1H3;1-5H3;/q2*-1;/b4-3-,5-3?,6-4?,7-5-,8-6-,9-7?,10-8?,10-9+;;. The van der Waals surface area contributed by atoms with E-state index in [9.17, 15) is 0 Å². The third-order valence-corrected chi connectivity index (χ3v) is 5.04. The zero-order valence-corrected chi connectivity index (χ0v) is 17.0. The summed E-state index contributed by atoms with van der Waals surface area (Å²) in [4.78, 5) is 0. The van der Waals surface area contributed by atoms with Gasteiger partial charge in [-0.1, -0.05) is 34.6 Å². The second kappa shape index (κ2) is 10.1. The quantitative estimate of drug-likeness (QED) is 0.443. The van der Waals surface area contributed by atoms with Crippen LogP contribution in [0.1, 0.15) is 34.7 Å². The molecule has 1 aromatic carbocycles. The fourth-order valence-electron chi connectivity index (χ4n) is 2.25. The molecule has 0 amide bonds. The maximum absolute atomic E-state index is 3.02. The molecule has 0 saturated carbocycles. The van der Waals surface area contributed by atoms with Crippen LogP contribution in [0.2, 0.25) is 0 Å². The van der Waals surface area contributed by atoms with Crippen LogP contribution in [-0.4, -0.2) is 16.0 Å². The Bertz CT molecular complexity index is 530. The van der Waals surface area contributed by atoms with Crippen LogP contribution < -0.4 is 0 Å². The third-order valence-electron chi connectivity index (χ3n) is 4.26. The molecule has 0 atom stereocenters. The van der Waals surface area contributed by atoms with Gasteiger partial charge in [0, 0.05) is 16.8 Å². The van der Waals surface area contributed by atoms with Crippen molar-refractivity contribution in [3.63, 3.8) is 0 Å². The molecule has 0 bridgehead atoms. The normalized spacial score (nSPS) is 20.6. The van der Waals surface area contributed by atoms with Crippen molar-refractivity contribution in [1.29, 1.82) is 0 Å². The SMILES string of the molecule is C[CH-]C1=C([Se])/C=C\C=C/C=C\1.Cc1c(C)c(C)[c-](C)c1C.[Co]. The maximum Gasteiger partial charge on any atom is 0 e. The van der Waals surface area contributed by atoms with Gasteiger partial charge in [0.2, 0.25) is 0 Å².